The third-order valence-electron chi connectivity index (χ3n) is 4.28. The summed E-state index contributed by atoms with van der Waals surface area (Å²) in [6.07, 6.45) is 7.70. The van der Waals surface area contributed by atoms with Crippen molar-refractivity contribution in [3.05, 3.63) is 0 Å². The zero-order chi connectivity index (χ0) is 14.7. The molecule has 0 bridgehead atoms. The molecule has 0 aromatic carbocycles. The first-order valence-electron chi connectivity index (χ1n) is 8.21. The van der Waals surface area contributed by atoms with Crippen LogP contribution in [0.5, 0.6) is 0 Å². The third kappa shape index (κ3) is 4.00. The van der Waals surface area contributed by atoms with Gasteiger partial charge in [-0.15, -0.1) is 0 Å². The molecule has 3 fully saturated rings. The van der Waals surface area contributed by atoms with Gasteiger partial charge in [0.2, 0.25) is 0 Å². The molecule has 3 heterocycles. The molecule has 3 rings (SSSR count). The molecule has 3 aliphatic heterocycles. The molecule has 7 heteroatoms. The number of hydrogen-bond donors (Lipinski definition) is 0. The van der Waals surface area contributed by atoms with Crippen molar-refractivity contribution in [3.63, 3.8) is 0 Å². The van der Waals surface area contributed by atoms with E-state index in [0.29, 0.717) is 6.04 Å². The molecule has 5 nitrogen and oxygen atoms in total. The smallest absolute Gasteiger partial charge is 0.252 e. The van der Waals surface area contributed by atoms with Gasteiger partial charge in [0.05, 0.1) is 12.6 Å². The predicted molar refractivity (Wildman–Crippen MR) is 89.4 cm³/mol. The highest BCUT2D eigenvalue weighted by Gasteiger charge is 2.38. The maximum Gasteiger partial charge on any atom is 0.342 e. The van der Waals surface area contributed by atoms with Crippen LogP contribution in [0.3, 0.4) is 0 Å². The fraction of sp³-hybridized carbons (Fsp3) is 0.929. The lowest BCUT2D eigenvalue weighted by Gasteiger charge is -2.30. The van der Waals surface area contributed by atoms with E-state index in [2.05, 4.69) is 15.5 Å². The lowest BCUT2D eigenvalue weighted by atomic mass is 10.2. The van der Waals surface area contributed by atoms with Gasteiger partial charge in [0.25, 0.3) is 0 Å². The topological polar surface area (TPSA) is 30.0 Å². The van der Waals surface area contributed by atoms with Gasteiger partial charge in [0, 0.05) is 50.4 Å². The summed E-state index contributed by atoms with van der Waals surface area (Å²) >= 11 is 3.30. The Hall–Kier alpha value is -0.110. The number of piperidine rings is 2. The maximum absolute atomic E-state index is 12.6. The van der Waals surface area contributed by atoms with E-state index in [0.717, 1.165) is 32.7 Å². The van der Waals surface area contributed by atoms with Crippen LogP contribution in [-0.4, -0.2) is 62.0 Å². The van der Waals surface area contributed by atoms with E-state index < -0.39 is 0 Å². The highest BCUT2D eigenvalue weighted by molar-refractivity contribution is 7.96. The second-order valence-corrected chi connectivity index (χ2v) is 8.35. The summed E-state index contributed by atoms with van der Waals surface area (Å²) in [5, 5.41) is 0. The number of nitrogens with zero attached hydrogens (tertiary/aromatic N) is 4. The van der Waals surface area contributed by atoms with Crippen LogP contribution in [0.25, 0.3) is 0 Å². The van der Waals surface area contributed by atoms with Crippen molar-refractivity contribution in [1.29, 1.82) is 0 Å². The molecule has 0 aliphatic carbocycles. The van der Waals surface area contributed by atoms with Crippen molar-refractivity contribution in [2.45, 2.75) is 51.5 Å². The SMILES string of the molecule is CC1CN(SN2CCCCC2)C(=O)N1SN1CCCCC1. The molecule has 3 aliphatic rings. The zero-order valence-corrected chi connectivity index (χ0v) is 14.5. The Labute approximate surface area is 136 Å². The van der Waals surface area contributed by atoms with E-state index in [9.17, 15) is 4.79 Å². The summed E-state index contributed by atoms with van der Waals surface area (Å²) in [6, 6.07) is 0.468. The quantitative estimate of drug-likeness (QED) is 0.739. The van der Waals surface area contributed by atoms with Crippen LogP contribution in [0.1, 0.15) is 45.4 Å². The highest BCUT2D eigenvalue weighted by Crippen LogP contribution is 2.34. The molecule has 3 saturated heterocycles. The summed E-state index contributed by atoms with van der Waals surface area (Å²) in [5.74, 6) is 0. The van der Waals surface area contributed by atoms with Gasteiger partial charge in [-0.25, -0.2) is 17.7 Å². The van der Waals surface area contributed by atoms with Crippen molar-refractivity contribution in [1.82, 2.24) is 17.2 Å². The van der Waals surface area contributed by atoms with Crippen LogP contribution in [0, 0.1) is 0 Å². The number of amides is 2. The zero-order valence-electron chi connectivity index (χ0n) is 12.9. The Kier molecular flexibility index (Phi) is 5.59. The summed E-state index contributed by atoms with van der Waals surface area (Å²) < 4.78 is 8.63. The molecular formula is C14H26N4OS2. The highest BCUT2D eigenvalue weighted by atomic mass is 32.2. The van der Waals surface area contributed by atoms with E-state index in [1.165, 1.54) is 38.5 Å². The Morgan fingerprint density at radius 1 is 0.857 bits per heavy atom. The Bertz CT molecular complexity index is 359. The molecule has 0 aromatic rings. The van der Waals surface area contributed by atoms with E-state index >= 15 is 0 Å². The van der Waals surface area contributed by atoms with Crippen LogP contribution in [0.15, 0.2) is 0 Å². The molecule has 0 N–H and O–H groups in total. The van der Waals surface area contributed by atoms with Gasteiger partial charge in [-0.1, -0.05) is 12.8 Å². The molecule has 0 spiro atoms. The third-order valence-corrected chi connectivity index (χ3v) is 6.67. The van der Waals surface area contributed by atoms with Gasteiger partial charge in [0.15, 0.2) is 0 Å². The monoisotopic (exact) mass is 330 g/mol. The molecule has 1 atom stereocenters. The van der Waals surface area contributed by atoms with Crippen LogP contribution < -0.4 is 0 Å². The van der Waals surface area contributed by atoms with E-state index in [1.54, 1.807) is 24.3 Å². The molecular weight excluding hydrogens is 304 g/mol. The summed E-state index contributed by atoms with van der Waals surface area (Å²) in [5.41, 5.74) is 0. The Balaban J connectivity index is 1.52. The van der Waals surface area contributed by atoms with Crippen LogP contribution >= 0.6 is 24.3 Å². The van der Waals surface area contributed by atoms with Crippen molar-refractivity contribution in [2.75, 3.05) is 32.7 Å². The molecule has 0 saturated carbocycles. The molecule has 0 radical (unpaired) electrons. The molecule has 0 aromatic heterocycles. The van der Waals surface area contributed by atoms with Gasteiger partial charge >= 0.3 is 6.03 Å². The molecule has 1 unspecified atom stereocenters. The lowest BCUT2D eigenvalue weighted by molar-refractivity contribution is 0.223. The number of urea groups is 1. The van der Waals surface area contributed by atoms with Crippen molar-refractivity contribution < 1.29 is 4.79 Å². The van der Waals surface area contributed by atoms with Gasteiger partial charge in [-0.3, -0.25) is 4.31 Å². The fourth-order valence-corrected chi connectivity index (χ4v) is 5.29. The summed E-state index contributed by atoms with van der Waals surface area (Å²) in [7, 11) is 0. The lowest BCUT2D eigenvalue weighted by Crippen LogP contribution is -2.35. The van der Waals surface area contributed by atoms with E-state index in [4.69, 9.17) is 0 Å². The Morgan fingerprint density at radius 3 is 1.95 bits per heavy atom. The minimum Gasteiger partial charge on any atom is -0.252 e. The first kappa shape index (κ1) is 15.8. The van der Waals surface area contributed by atoms with Gasteiger partial charge in [0.1, 0.15) is 0 Å². The largest absolute Gasteiger partial charge is 0.342 e. The summed E-state index contributed by atoms with van der Waals surface area (Å²) in [6.45, 7) is 7.44. The molecule has 2 amide bonds. The number of hydrogen-bond acceptors (Lipinski definition) is 5. The average molecular weight is 331 g/mol. The maximum atomic E-state index is 12.6. The van der Waals surface area contributed by atoms with Crippen LogP contribution in [0.4, 0.5) is 4.79 Å². The van der Waals surface area contributed by atoms with E-state index in [1.807, 2.05) is 8.61 Å². The van der Waals surface area contributed by atoms with Gasteiger partial charge in [-0.2, -0.15) is 0 Å². The number of rotatable bonds is 4. The minimum atomic E-state index is 0.175. The summed E-state index contributed by atoms with van der Waals surface area (Å²) in [4.78, 5) is 12.6. The van der Waals surface area contributed by atoms with Gasteiger partial charge in [-0.05, 0) is 32.6 Å². The Morgan fingerprint density at radius 2 is 1.38 bits per heavy atom. The van der Waals surface area contributed by atoms with Crippen molar-refractivity contribution in [3.8, 4) is 0 Å². The average Bonchev–Trinajstić information content (AvgIpc) is 2.77. The standard InChI is InChI=1S/C14H26N4OS2/c1-13-12-17(20-15-8-4-2-5-9-15)14(19)18(13)21-16-10-6-3-7-11-16/h13H,2-12H2,1H3. The number of carbonyl (C=O) groups is 1. The van der Waals surface area contributed by atoms with Crippen LogP contribution in [-0.2, 0) is 0 Å². The second-order valence-electron chi connectivity index (χ2n) is 6.16. The first-order valence-corrected chi connectivity index (χ1v) is 9.67. The predicted octanol–water partition coefficient (Wildman–Crippen LogP) is 3.21. The number of carbonyl (C=O) groups excluding carboxylic acids is 1. The second kappa shape index (κ2) is 7.44. The van der Waals surface area contributed by atoms with Crippen LogP contribution in [0.2, 0.25) is 0 Å². The first-order chi connectivity index (χ1) is 10.2. The van der Waals surface area contributed by atoms with Gasteiger partial charge < -0.3 is 0 Å². The van der Waals surface area contributed by atoms with Crippen molar-refractivity contribution in [2.24, 2.45) is 0 Å². The minimum absolute atomic E-state index is 0.175. The molecule has 21 heavy (non-hydrogen) atoms. The molecule has 120 valence electrons. The van der Waals surface area contributed by atoms with Crippen molar-refractivity contribution >= 4 is 30.3 Å². The van der Waals surface area contributed by atoms with E-state index in [-0.39, 0.29) is 6.03 Å². The normalized spacial score (nSPS) is 29.4. The fourth-order valence-electron chi connectivity index (χ4n) is 3.03.